The fraction of sp³-hybridized carbons (Fsp3) is 0.304. The van der Waals surface area contributed by atoms with Crippen LogP contribution in [0, 0.1) is 0 Å². The first kappa shape index (κ1) is 22.8. The van der Waals surface area contributed by atoms with Gasteiger partial charge >= 0.3 is 17.9 Å². The molecule has 0 saturated heterocycles. The molecular formula is C23H23NO8. The van der Waals surface area contributed by atoms with E-state index < -0.39 is 24.5 Å². The lowest BCUT2D eigenvalue weighted by Gasteiger charge is -2.16. The van der Waals surface area contributed by atoms with E-state index in [9.17, 15) is 19.2 Å². The summed E-state index contributed by atoms with van der Waals surface area (Å²) in [5.74, 6) is -1.57. The highest BCUT2D eigenvalue weighted by Gasteiger charge is 2.31. The number of fused-ring (bicyclic) bond motifs is 1. The van der Waals surface area contributed by atoms with E-state index >= 15 is 0 Å². The first-order valence-corrected chi connectivity index (χ1v) is 10.1. The zero-order valence-electron chi connectivity index (χ0n) is 17.8. The van der Waals surface area contributed by atoms with Crippen LogP contribution in [0.1, 0.15) is 40.1 Å². The average Bonchev–Trinajstić information content (AvgIpc) is 3.13. The Morgan fingerprint density at radius 3 is 2.19 bits per heavy atom. The number of anilines is 1. The van der Waals surface area contributed by atoms with E-state index in [0.29, 0.717) is 22.6 Å². The van der Waals surface area contributed by atoms with Crippen LogP contribution in [0.2, 0.25) is 0 Å². The summed E-state index contributed by atoms with van der Waals surface area (Å²) in [6.45, 7) is 3.36. The molecule has 3 rings (SSSR count). The normalized spacial score (nSPS) is 12.2. The van der Waals surface area contributed by atoms with Gasteiger partial charge in [0.25, 0.3) is 5.91 Å². The van der Waals surface area contributed by atoms with Crippen molar-refractivity contribution in [2.24, 2.45) is 0 Å². The topological polar surface area (TPSA) is 108 Å². The standard InChI is InChI=1S/C23H23NO8/c1-3-29-20(25)13-31-19-7-5-6-17-18(19)12-24(22(17)27)16-10-8-15(9-11-16)23(28)32-14-21(26)30-4-2/h5-11H,3-4,12-14H2,1-2H3. The smallest absolute Gasteiger partial charge is 0.344 e. The van der Waals surface area contributed by atoms with Crippen LogP contribution < -0.4 is 9.64 Å². The number of nitrogens with zero attached hydrogens (tertiary/aromatic N) is 1. The van der Waals surface area contributed by atoms with Crippen molar-refractivity contribution in [2.75, 3.05) is 31.3 Å². The van der Waals surface area contributed by atoms with Crippen molar-refractivity contribution in [3.8, 4) is 5.75 Å². The van der Waals surface area contributed by atoms with E-state index in [-0.39, 0.29) is 37.8 Å². The number of ether oxygens (including phenoxy) is 4. The van der Waals surface area contributed by atoms with E-state index in [0.717, 1.165) is 0 Å². The van der Waals surface area contributed by atoms with Crippen LogP contribution >= 0.6 is 0 Å². The highest BCUT2D eigenvalue weighted by atomic mass is 16.6. The van der Waals surface area contributed by atoms with Crippen molar-refractivity contribution < 1.29 is 38.1 Å². The summed E-state index contributed by atoms with van der Waals surface area (Å²) >= 11 is 0. The molecule has 1 amide bonds. The van der Waals surface area contributed by atoms with Gasteiger partial charge < -0.3 is 23.8 Å². The summed E-state index contributed by atoms with van der Waals surface area (Å²) in [7, 11) is 0. The third kappa shape index (κ3) is 5.23. The maximum absolute atomic E-state index is 12.9. The molecule has 0 bridgehead atoms. The largest absolute Gasteiger partial charge is 0.482 e. The molecule has 0 fully saturated rings. The second kappa shape index (κ2) is 10.4. The van der Waals surface area contributed by atoms with Crippen LogP contribution in [0.5, 0.6) is 5.75 Å². The summed E-state index contributed by atoms with van der Waals surface area (Å²) in [6.07, 6.45) is 0. The predicted octanol–water partition coefficient (Wildman–Crippen LogP) is 2.51. The Balaban J connectivity index is 1.68. The summed E-state index contributed by atoms with van der Waals surface area (Å²) < 4.78 is 20.0. The van der Waals surface area contributed by atoms with Gasteiger partial charge in [-0.25, -0.2) is 14.4 Å². The zero-order valence-corrected chi connectivity index (χ0v) is 17.8. The lowest BCUT2D eigenvalue weighted by atomic mass is 10.1. The lowest BCUT2D eigenvalue weighted by molar-refractivity contribution is -0.147. The van der Waals surface area contributed by atoms with E-state index in [1.807, 2.05) is 0 Å². The van der Waals surface area contributed by atoms with Crippen LogP contribution in [-0.2, 0) is 30.3 Å². The number of hydrogen-bond acceptors (Lipinski definition) is 8. The maximum Gasteiger partial charge on any atom is 0.344 e. The quantitative estimate of drug-likeness (QED) is 0.431. The number of rotatable bonds is 9. The molecule has 9 nitrogen and oxygen atoms in total. The number of carbonyl (C=O) groups excluding carboxylic acids is 4. The lowest BCUT2D eigenvalue weighted by Crippen LogP contribution is -2.23. The SMILES string of the molecule is CCOC(=O)COC(=O)c1ccc(N2Cc3c(OCC(=O)OCC)cccc3C2=O)cc1. The van der Waals surface area contributed by atoms with E-state index in [2.05, 4.69) is 0 Å². The monoisotopic (exact) mass is 441 g/mol. The summed E-state index contributed by atoms with van der Waals surface area (Å²) in [4.78, 5) is 49.4. The van der Waals surface area contributed by atoms with Gasteiger partial charge in [-0.15, -0.1) is 0 Å². The molecule has 0 aliphatic carbocycles. The molecule has 0 aromatic heterocycles. The van der Waals surface area contributed by atoms with Crippen LogP contribution in [0.3, 0.4) is 0 Å². The highest BCUT2D eigenvalue weighted by Crippen LogP contribution is 2.34. The van der Waals surface area contributed by atoms with E-state index in [1.54, 1.807) is 44.2 Å². The highest BCUT2D eigenvalue weighted by molar-refractivity contribution is 6.10. The summed E-state index contributed by atoms with van der Waals surface area (Å²) in [5, 5.41) is 0. The fourth-order valence-electron chi connectivity index (χ4n) is 3.18. The van der Waals surface area contributed by atoms with Gasteiger partial charge in [0.15, 0.2) is 13.2 Å². The van der Waals surface area contributed by atoms with Crippen molar-refractivity contribution in [2.45, 2.75) is 20.4 Å². The number of amides is 1. The Morgan fingerprint density at radius 2 is 1.53 bits per heavy atom. The summed E-state index contributed by atoms with van der Waals surface area (Å²) in [6, 6.07) is 11.3. The Bertz CT molecular complexity index is 1020. The molecule has 2 aromatic carbocycles. The van der Waals surface area contributed by atoms with Gasteiger partial charge in [-0.05, 0) is 50.2 Å². The molecule has 0 radical (unpaired) electrons. The molecule has 0 spiro atoms. The van der Waals surface area contributed by atoms with Crippen molar-refractivity contribution in [1.29, 1.82) is 0 Å². The third-order valence-corrected chi connectivity index (χ3v) is 4.62. The first-order valence-electron chi connectivity index (χ1n) is 10.1. The van der Waals surface area contributed by atoms with Crippen molar-refractivity contribution >= 4 is 29.5 Å². The minimum absolute atomic E-state index is 0.201. The van der Waals surface area contributed by atoms with Crippen LogP contribution in [0.15, 0.2) is 42.5 Å². The average molecular weight is 441 g/mol. The molecule has 9 heteroatoms. The third-order valence-electron chi connectivity index (χ3n) is 4.62. The van der Waals surface area contributed by atoms with Crippen LogP contribution in [0.4, 0.5) is 5.69 Å². The molecular weight excluding hydrogens is 418 g/mol. The van der Waals surface area contributed by atoms with Gasteiger partial charge in [0.1, 0.15) is 5.75 Å². The molecule has 1 aliphatic rings. The van der Waals surface area contributed by atoms with Gasteiger partial charge in [0.05, 0.1) is 25.3 Å². The first-order chi connectivity index (χ1) is 15.4. The molecule has 0 atom stereocenters. The van der Waals surface area contributed by atoms with Gasteiger partial charge in [-0.1, -0.05) is 6.07 Å². The summed E-state index contributed by atoms with van der Waals surface area (Å²) in [5.41, 5.74) is 1.95. The number of carbonyl (C=O) groups is 4. The fourth-order valence-corrected chi connectivity index (χ4v) is 3.18. The van der Waals surface area contributed by atoms with Crippen molar-refractivity contribution in [3.05, 3.63) is 59.2 Å². The van der Waals surface area contributed by atoms with E-state index in [4.69, 9.17) is 18.9 Å². The minimum Gasteiger partial charge on any atom is -0.482 e. The number of benzene rings is 2. The van der Waals surface area contributed by atoms with Gasteiger partial charge in [0, 0.05) is 16.8 Å². The Kier molecular flexibility index (Phi) is 7.43. The van der Waals surface area contributed by atoms with Gasteiger partial charge in [-0.3, -0.25) is 4.79 Å². The number of hydrogen-bond donors (Lipinski definition) is 0. The molecule has 2 aromatic rings. The van der Waals surface area contributed by atoms with Crippen LogP contribution in [0.25, 0.3) is 0 Å². The Hall–Kier alpha value is -3.88. The van der Waals surface area contributed by atoms with Gasteiger partial charge in [-0.2, -0.15) is 0 Å². The molecule has 1 aliphatic heterocycles. The molecule has 0 unspecified atom stereocenters. The molecule has 32 heavy (non-hydrogen) atoms. The van der Waals surface area contributed by atoms with Gasteiger partial charge in [0.2, 0.25) is 0 Å². The second-order valence-corrected chi connectivity index (χ2v) is 6.70. The predicted molar refractivity (Wildman–Crippen MR) is 112 cm³/mol. The minimum atomic E-state index is -0.671. The van der Waals surface area contributed by atoms with Crippen LogP contribution in [-0.4, -0.2) is 50.2 Å². The molecule has 0 N–H and O–H groups in total. The Morgan fingerprint density at radius 1 is 0.875 bits per heavy atom. The van der Waals surface area contributed by atoms with Crippen molar-refractivity contribution in [3.63, 3.8) is 0 Å². The number of esters is 3. The zero-order chi connectivity index (χ0) is 23.1. The van der Waals surface area contributed by atoms with E-state index in [1.165, 1.54) is 17.0 Å². The molecule has 1 heterocycles. The Labute approximate surface area is 184 Å². The maximum atomic E-state index is 12.9. The second-order valence-electron chi connectivity index (χ2n) is 6.70. The molecule has 0 saturated carbocycles. The van der Waals surface area contributed by atoms with Crippen molar-refractivity contribution in [1.82, 2.24) is 0 Å². The molecule has 168 valence electrons.